The van der Waals surface area contributed by atoms with Crippen LogP contribution in [0.2, 0.25) is 0 Å². The molecule has 0 aliphatic carbocycles. The van der Waals surface area contributed by atoms with E-state index in [2.05, 4.69) is 20.0 Å². The number of carbonyl (C=O) groups is 1. The van der Waals surface area contributed by atoms with E-state index in [4.69, 9.17) is 14.5 Å². The zero-order valence-corrected chi connectivity index (χ0v) is 29.7. The number of carbonyl (C=O) groups excluding carboxylic acids is 1. The second-order valence-corrected chi connectivity index (χ2v) is 15.2. The van der Waals surface area contributed by atoms with Gasteiger partial charge in [0, 0.05) is 47.9 Å². The summed E-state index contributed by atoms with van der Waals surface area (Å²) < 4.78 is 83.6. The fourth-order valence-electron chi connectivity index (χ4n) is 5.87. The molecule has 0 unspecified atom stereocenters. The Morgan fingerprint density at radius 2 is 1.75 bits per heavy atom. The molecular weight excluding hydrogens is 698 g/mol. The van der Waals surface area contributed by atoms with Gasteiger partial charge in [-0.25, -0.2) is 41.3 Å². The van der Waals surface area contributed by atoms with Gasteiger partial charge in [-0.3, -0.25) is 4.72 Å². The Morgan fingerprint density at radius 1 is 0.962 bits per heavy atom. The number of anilines is 2. The Kier molecular flexibility index (Phi) is 10.2. The molecule has 1 aliphatic heterocycles. The molecule has 1 fully saturated rings. The SMILES string of the molecule is Cc1ccc2c(NS(=O)(=O)Cc3cccc(F)c3F)c(F)ccc2c1Oc1ncccc1-c1ccnc(N[C@H]2CCCN(C(=O)OC(C)(C)C)C2)n1. The number of rotatable bonds is 9. The average Bonchev–Trinajstić information content (AvgIpc) is 3.09. The first-order chi connectivity index (χ1) is 24.7. The number of benzene rings is 3. The minimum absolute atomic E-state index is 0.112. The normalized spacial score (nSPS) is 15.0. The number of hydrogen-bond acceptors (Lipinski definition) is 9. The van der Waals surface area contributed by atoms with Crippen molar-refractivity contribution in [3.05, 3.63) is 102 Å². The summed E-state index contributed by atoms with van der Waals surface area (Å²) in [5.74, 6) is -3.49. The van der Waals surface area contributed by atoms with Crippen LogP contribution in [0.1, 0.15) is 44.7 Å². The van der Waals surface area contributed by atoms with Crippen molar-refractivity contribution in [1.82, 2.24) is 19.9 Å². The second-order valence-electron chi connectivity index (χ2n) is 13.4. The van der Waals surface area contributed by atoms with Gasteiger partial charge in [0.15, 0.2) is 11.6 Å². The number of amides is 1. The lowest BCUT2D eigenvalue weighted by Gasteiger charge is -2.34. The van der Waals surface area contributed by atoms with E-state index in [0.29, 0.717) is 41.2 Å². The smallest absolute Gasteiger partial charge is 0.410 e. The molecule has 15 heteroatoms. The quantitative estimate of drug-likeness (QED) is 0.155. The predicted molar refractivity (Wildman–Crippen MR) is 191 cm³/mol. The molecule has 1 amide bonds. The van der Waals surface area contributed by atoms with Crippen LogP contribution in [0.4, 0.5) is 29.6 Å². The van der Waals surface area contributed by atoms with Crippen molar-refractivity contribution in [2.75, 3.05) is 23.1 Å². The lowest BCUT2D eigenvalue weighted by atomic mass is 10.0. The summed E-state index contributed by atoms with van der Waals surface area (Å²) in [6, 6.07) is 14.0. The molecule has 0 bridgehead atoms. The van der Waals surface area contributed by atoms with E-state index in [9.17, 15) is 22.0 Å². The molecule has 5 aromatic rings. The van der Waals surface area contributed by atoms with E-state index >= 15 is 4.39 Å². The average molecular weight is 735 g/mol. The molecule has 272 valence electrons. The Hall–Kier alpha value is -5.44. The highest BCUT2D eigenvalue weighted by Gasteiger charge is 2.28. The standard InChI is InChI=1S/C37H37F3N6O5S/c1-22-12-13-25-26(14-15-29(39)32(25)45-52(48,49)21-23-8-5-11-28(38)31(23)40)33(22)50-34-27(10-6-17-41-34)30-16-18-42-35(44-30)43-24-9-7-19-46(20-24)36(47)51-37(2,3)4/h5-6,8,10-18,24,45H,7,9,19-21H2,1-4H3,(H,42,43,44)/t24-/m0/s1. The number of piperidine rings is 1. The first-order valence-electron chi connectivity index (χ1n) is 16.5. The Morgan fingerprint density at radius 3 is 2.54 bits per heavy atom. The molecular formula is C37H37F3N6O5S. The summed E-state index contributed by atoms with van der Waals surface area (Å²) in [6.07, 6.45) is 4.34. The largest absolute Gasteiger partial charge is 0.444 e. The molecule has 52 heavy (non-hydrogen) atoms. The number of pyridine rings is 1. The maximum atomic E-state index is 15.2. The van der Waals surface area contributed by atoms with Crippen molar-refractivity contribution >= 4 is 38.5 Å². The van der Waals surface area contributed by atoms with E-state index in [1.54, 1.807) is 42.3 Å². The summed E-state index contributed by atoms with van der Waals surface area (Å²) in [4.78, 5) is 27.9. The van der Waals surface area contributed by atoms with Gasteiger partial charge in [-0.2, -0.15) is 0 Å². The van der Waals surface area contributed by atoms with Gasteiger partial charge in [-0.05, 0) is 82.5 Å². The Labute approximate surface area is 299 Å². The highest BCUT2D eigenvalue weighted by molar-refractivity contribution is 7.91. The van der Waals surface area contributed by atoms with Crippen molar-refractivity contribution in [3.63, 3.8) is 0 Å². The van der Waals surface area contributed by atoms with Crippen LogP contribution in [-0.2, 0) is 20.5 Å². The molecule has 1 saturated heterocycles. The zero-order valence-electron chi connectivity index (χ0n) is 28.9. The minimum Gasteiger partial charge on any atom is -0.444 e. The molecule has 3 heterocycles. The molecule has 3 aromatic carbocycles. The molecule has 2 aromatic heterocycles. The van der Waals surface area contributed by atoms with E-state index in [0.717, 1.165) is 31.0 Å². The lowest BCUT2D eigenvalue weighted by molar-refractivity contribution is 0.0206. The van der Waals surface area contributed by atoms with E-state index in [1.807, 2.05) is 20.8 Å². The number of fused-ring (bicyclic) bond motifs is 1. The number of nitrogens with one attached hydrogen (secondary N) is 2. The van der Waals surface area contributed by atoms with Crippen LogP contribution in [0.25, 0.3) is 22.0 Å². The van der Waals surface area contributed by atoms with Gasteiger partial charge in [0.05, 0.1) is 22.7 Å². The van der Waals surface area contributed by atoms with Crippen LogP contribution in [-0.4, -0.2) is 59.1 Å². The molecule has 1 aliphatic rings. The number of ether oxygens (including phenoxy) is 2. The third-order valence-electron chi connectivity index (χ3n) is 8.24. The van der Waals surface area contributed by atoms with Crippen LogP contribution in [0.3, 0.4) is 0 Å². The summed E-state index contributed by atoms with van der Waals surface area (Å²) >= 11 is 0. The van der Waals surface area contributed by atoms with Crippen LogP contribution in [0.15, 0.2) is 73.1 Å². The van der Waals surface area contributed by atoms with Crippen molar-refractivity contribution in [3.8, 4) is 22.9 Å². The van der Waals surface area contributed by atoms with Gasteiger partial charge in [-0.15, -0.1) is 0 Å². The highest BCUT2D eigenvalue weighted by Crippen LogP contribution is 2.40. The van der Waals surface area contributed by atoms with Crippen LogP contribution < -0.4 is 14.8 Å². The Bertz CT molecular complexity index is 2250. The fourth-order valence-corrected chi connectivity index (χ4v) is 7.09. The molecule has 11 nitrogen and oxygen atoms in total. The minimum atomic E-state index is -4.39. The van der Waals surface area contributed by atoms with Gasteiger partial charge in [0.2, 0.25) is 21.9 Å². The lowest BCUT2D eigenvalue weighted by Crippen LogP contribution is -2.47. The number of nitrogens with zero attached hydrogens (tertiary/aromatic N) is 4. The zero-order chi connectivity index (χ0) is 37.2. The molecule has 6 rings (SSSR count). The monoisotopic (exact) mass is 734 g/mol. The highest BCUT2D eigenvalue weighted by atomic mass is 32.2. The second kappa shape index (κ2) is 14.7. The molecule has 0 saturated carbocycles. The number of aryl methyl sites for hydroxylation is 1. The number of likely N-dealkylation sites (tertiary alicyclic amines) is 1. The van der Waals surface area contributed by atoms with Crippen LogP contribution >= 0.6 is 0 Å². The maximum absolute atomic E-state index is 15.2. The van der Waals surface area contributed by atoms with E-state index in [-0.39, 0.29) is 34.8 Å². The third-order valence-corrected chi connectivity index (χ3v) is 9.45. The number of hydrogen-bond donors (Lipinski definition) is 2. The van der Waals surface area contributed by atoms with Crippen molar-refractivity contribution in [1.29, 1.82) is 0 Å². The number of sulfonamides is 1. The first kappa shape index (κ1) is 36.4. The van der Waals surface area contributed by atoms with Gasteiger partial charge >= 0.3 is 6.09 Å². The predicted octanol–water partition coefficient (Wildman–Crippen LogP) is 7.96. The third kappa shape index (κ3) is 8.36. The molecule has 2 N–H and O–H groups in total. The van der Waals surface area contributed by atoms with Crippen molar-refractivity contribution in [2.45, 2.75) is 57.9 Å². The van der Waals surface area contributed by atoms with Gasteiger partial charge < -0.3 is 19.7 Å². The van der Waals surface area contributed by atoms with Crippen molar-refractivity contribution in [2.24, 2.45) is 0 Å². The summed E-state index contributed by atoms with van der Waals surface area (Å²) in [5.41, 5.74) is 0.265. The topological polar surface area (TPSA) is 136 Å². The number of aromatic nitrogens is 3. The first-order valence-corrected chi connectivity index (χ1v) is 18.2. The summed E-state index contributed by atoms with van der Waals surface area (Å²) in [5, 5.41) is 3.86. The molecule has 0 spiro atoms. The fraction of sp³-hybridized carbons (Fsp3) is 0.297. The van der Waals surface area contributed by atoms with E-state index < -0.39 is 44.4 Å². The molecule has 0 radical (unpaired) electrons. The van der Waals surface area contributed by atoms with Gasteiger partial charge in [0.25, 0.3) is 0 Å². The summed E-state index contributed by atoms with van der Waals surface area (Å²) in [7, 11) is -4.39. The molecule has 1 atom stereocenters. The van der Waals surface area contributed by atoms with Crippen molar-refractivity contribution < 1.29 is 35.9 Å². The van der Waals surface area contributed by atoms with Gasteiger partial charge in [-0.1, -0.05) is 24.3 Å². The van der Waals surface area contributed by atoms with Gasteiger partial charge in [0.1, 0.15) is 17.2 Å². The number of halogens is 3. The van der Waals surface area contributed by atoms with Crippen LogP contribution in [0, 0.1) is 24.4 Å². The van der Waals surface area contributed by atoms with Crippen LogP contribution in [0.5, 0.6) is 11.6 Å². The van der Waals surface area contributed by atoms with E-state index in [1.165, 1.54) is 24.4 Å². The summed E-state index contributed by atoms with van der Waals surface area (Å²) in [6.45, 7) is 8.26. The Balaban J connectivity index is 1.26. The maximum Gasteiger partial charge on any atom is 0.410 e.